The number of halogens is 1. The molecule has 0 aliphatic carbocycles. The number of aliphatic hydroxyl groups excluding tert-OH is 1. The van der Waals surface area contributed by atoms with Gasteiger partial charge >= 0.3 is 0 Å². The molecule has 1 atom stereocenters. The van der Waals surface area contributed by atoms with E-state index in [0.29, 0.717) is 6.54 Å². The standard InChI is InChI=1S/C20H27FN2O2/c1-13-10-16(15(3)25-13)12-22-14(2)19-11-17(21)4-5-20(19)23-8-6-18(24)7-9-23/h4-5,10-11,14,18,22,24H,6-9,12H2,1-3H3. The molecule has 1 aliphatic heterocycles. The molecule has 1 unspecified atom stereocenters. The van der Waals surface area contributed by atoms with E-state index >= 15 is 0 Å². The first-order valence-electron chi connectivity index (χ1n) is 8.96. The molecule has 4 nitrogen and oxygen atoms in total. The van der Waals surface area contributed by atoms with Crippen LogP contribution in [0.1, 0.15) is 48.5 Å². The minimum atomic E-state index is -0.222. The molecule has 5 heteroatoms. The largest absolute Gasteiger partial charge is 0.466 e. The lowest BCUT2D eigenvalue weighted by Gasteiger charge is -2.34. The van der Waals surface area contributed by atoms with Gasteiger partial charge in [0.2, 0.25) is 0 Å². The van der Waals surface area contributed by atoms with Gasteiger partial charge in [-0.3, -0.25) is 0 Å². The summed E-state index contributed by atoms with van der Waals surface area (Å²) >= 11 is 0. The lowest BCUT2D eigenvalue weighted by atomic mass is 10.0. The minimum Gasteiger partial charge on any atom is -0.466 e. The molecule has 2 aromatic rings. The van der Waals surface area contributed by atoms with Crippen LogP contribution in [-0.2, 0) is 6.54 Å². The summed E-state index contributed by atoms with van der Waals surface area (Å²) in [5.41, 5.74) is 3.13. The van der Waals surface area contributed by atoms with Crippen LogP contribution in [0, 0.1) is 19.7 Å². The third kappa shape index (κ3) is 4.22. The van der Waals surface area contributed by atoms with E-state index in [1.807, 2.05) is 26.0 Å². The van der Waals surface area contributed by atoms with Crippen LogP contribution in [0.15, 0.2) is 28.7 Å². The lowest BCUT2D eigenvalue weighted by Crippen LogP contribution is -2.37. The van der Waals surface area contributed by atoms with E-state index in [1.54, 1.807) is 6.07 Å². The number of aliphatic hydroxyl groups is 1. The van der Waals surface area contributed by atoms with Crippen LogP contribution in [-0.4, -0.2) is 24.3 Å². The monoisotopic (exact) mass is 346 g/mol. The van der Waals surface area contributed by atoms with Crippen molar-refractivity contribution in [1.29, 1.82) is 0 Å². The van der Waals surface area contributed by atoms with Gasteiger partial charge in [0.1, 0.15) is 17.3 Å². The molecule has 1 aromatic heterocycles. The van der Waals surface area contributed by atoms with Crippen molar-refractivity contribution in [2.45, 2.75) is 52.3 Å². The number of piperidine rings is 1. The number of nitrogens with zero attached hydrogens (tertiary/aromatic N) is 1. The molecule has 0 amide bonds. The molecular weight excluding hydrogens is 319 g/mol. The first-order chi connectivity index (χ1) is 11.9. The molecule has 1 fully saturated rings. The predicted octanol–water partition coefficient (Wildman–Crippen LogP) is 3.85. The highest BCUT2D eigenvalue weighted by molar-refractivity contribution is 5.55. The zero-order valence-corrected chi connectivity index (χ0v) is 15.2. The molecular formula is C20H27FN2O2. The predicted molar refractivity (Wildman–Crippen MR) is 97.3 cm³/mol. The normalized spacial score (nSPS) is 17.1. The molecule has 0 radical (unpaired) electrons. The van der Waals surface area contributed by atoms with Crippen LogP contribution in [0.5, 0.6) is 0 Å². The maximum Gasteiger partial charge on any atom is 0.123 e. The Morgan fingerprint density at radius 1 is 1.28 bits per heavy atom. The SMILES string of the molecule is Cc1cc(CNC(C)c2cc(F)ccc2N2CCC(O)CC2)c(C)o1. The summed E-state index contributed by atoms with van der Waals surface area (Å²) in [6, 6.07) is 7.03. The first-order valence-corrected chi connectivity index (χ1v) is 8.96. The highest BCUT2D eigenvalue weighted by Crippen LogP contribution is 2.30. The summed E-state index contributed by atoms with van der Waals surface area (Å²) < 4.78 is 19.4. The molecule has 1 aromatic carbocycles. The van der Waals surface area contributed by atoms with Gasteiger partial charge in [0, 0.05) is 36.9 Å². The van der Waals surface area contributed by atoms with Gasteiger partial charge < -0.3 is 19.7 Å². The van der Waals surface area contributed by atoms with E-state index in [4.69, 9.17) is 4.42 Å². The van der Waals surface area contributed by atoms with Gasteiger partial charge in [-0.15, -0.1) is 0 Å². The molecule has 2 heterocycles. The van der Waals surface area contributed by atoms with Crippen molar-refractivity contribution in [3.63, 3.8) is 0 Å². The summed E-state index contributed by atoms with van der Waals surface area (Å²) in [7, 11) is 0. The quantitative estimate of drug-likeness (QED) is 0.863. The topological polar surface area (TPSA) is 48.6 Å². The second-order valence-corrected chi connectivity index (χ2v) is 6.96. The van der Waals surface area contributed by atoms with Gasteiger partial charge in [0.15, 0.2) is 0 Å². The Morgan fingerprint density at radius 2 is 2.00 bits per heavy atom. The van der Waals surface area contributed by atoms with Crippen LogP contribution in [0.25, 0.3) is 0 Å². The Hall–Kier alpha value is -1.85. The van der Waals surface area contributed by atoms with Crippen LogP contribution in [0.4, 0.5) is 10.1 Å². The van der Waals surface area contributed by atoms with Crippen molar-refractivity contribution in [1.82, 2.24) is 5.32 Å². The van der Waals surface area contributed by atoms with E-state index < -0.39 is 0 Å². The second kappa shape index (κ2) is 7.58. The maximum absolute atomic E-state index is 13.9. The molecule has 1 saturated heterocycles. The van der Waals surface area contributed by atoms with Gasteiger partial charge in [0.25, 0.3) is 0 Å². The van der Waals surface area contributed by atoms with Gasteiger partial charge in [-0.25, -0.2) is 4.39 Å². The Bertz CT molecular complexity index is 720. The molecule has 0 saturated carbocycles. The van der Waals surface area contributed by atoms with Crippen LogP contribution >= 0.6 is 0 Å². The molecule has 136 valence electrons. The maximum atomic E-state index is 13.9. The fourth-order valence-corrected chi connectivity index (χ4v) is 3.50. The van der Waals surface area contributed by atoms with E-state index in [2.05, 4.69) is 17.1 Å². The number of anilines is 1. The third-order valence-corrected chi connectivity index (χ3v) is 5.00. The van der Waals surface area contributed by atoms with Crippen molar-refractivity contribution < 1.29 is 13.9 Å². The number of hydrogen-bond donors (Lipinski definition) is 2. The number of hydrogen-bond acceptors (Lipinski definition) is 4. The molecule has 25 heavy (non-hydrogen) atoms. The fourth-order valence-electron chi connectivity index (χ4n) is 3.50. The Kier molecular flexibility index (Phi) is 5.45. The fraction of sp³-hybridized carbons (Fsp3) is 0.500. The summed E-state index contributed by atoms with van der Waals surface area (Å²) in [5, 5.41) is 13.2. The average Bonchev–Trinajstić information content (AvgIpc) is 2.91. The minimum absolute atomic E-state index is 0.00663. The van der Waals surface area contributed by atoms with Crippen LogP contribution < -0.4 is 10.2 Å². The number of nitrogens with one attached hydrogen (secondary N) is 1. The zero-order chi connectivity index (χ0) is 18.0. The van der Waals surface area contributed by atoms with Crippen molar-refractivity contribution >= 4 is 5.69 Å². The van der Waals surface area contributed by atoms with Crippen LogP contribution in [0.3, 0.4) is 0 Å². The molecule has 3 rings (SSSR count). The highest BCUT2D eigenvalue weighted by atomic mass is 19.1. The summed E-state index contributed by atoms with van der Waals surface area (Å²) in [6.45, 7) is 8.23. The Labute approximate surface area is 148 Å². The molecule has 0 bridgehead atoms. The average molecular weight is 346 g/mol. The zero-order valence-electron chi connectivity index (χ0n) is 15.2. The van der Waals surface area contributed by atoms with Gasteiger partial charge in [-0.1, -0.05) is 0 Å². The van der Waals surface area contributed by atoms with Crippen molar-refractivity contribution in [2.75, 3.05) is 18.0 Å². The van der Waals surface area contributed by atoms with Crippen LogP contribution in [0.2, 0.25) is 0 Å². The van der Waals surface area contributed by atoms with Crippen molar-refractivity contribution in [2.24, 2.45) is 0 Å². The summed E-state index contributed by atoms with van der Waals surface area (Å²) in [4.78, 5) is 2.24. The van der Waals surface area contributed by atoms with E-state index in [0.717, 1.165) is 54.3 Å². The van der Waals surface area contributed by atoms with E-state index in [9.17, 15) is 9.50 Å². The van der Waals surface area contributed by atoms with Gasteiger partial charge in [0.05, 0.1) is 6.10 Å². The smallest absolute Gasteiger partial charge is 0.123 e. The van der Waals surface area contributed by atoms with Gasteiger partial charge in [-0.05, 0) is 63.4 Å². The third-order valence-electron chi connectivity index (χ3n) is 5.00. The van der Waals surface area contributed by atoms with E-state index in [-0.39, 0.29) is 18.0 Å². The summed E-state index contributed by atoms with van der Waals surface area (Å²) in [5.74, 6) is 1.60. The van der Waals surface area contributed by atoms with E-state index in [1.165, 1.54) is 6.07 Å². The molecule has 2 N–H and O–H groups in total. The number of benzene rings is 1. The Morgan fingerprint density at radius 3 is 2.64 bits per heavy atom. The van der Waals surface area contributed by atoms with Crippen molar-refractivity contribution in [3.8, 4) is 0 Å². The Balaban J connectivity index is 1.75. The molecule has 0 spiro atoms. The lowest BCUT2D eigenvalue weighted by molar-refractivity contribution is 0.145. The number of aryl methyl sites for hydroxylation is 2. The second-order valence-electron chi connectivity index (χ2n) is 6.96. The van der Waals surface area contributed by atoms with Crippen molar-refractivity contribution in [3.05, 3.63) is 52.7 Å². The summed E-state index contributed by atoms with van der Waals surface area (Å²) in [6.07, 6.45) is 1.29. The highest BCUT2D eigenvalue weighted by Gasteiger charge is 2.21. The number of rotatable bonds is 5. The molecule has 1 aliphatic rings. The number of furan rings is 1. The first kappa shape index (κ1) is 18.0. The van der Waals surface area contributed by atoms with Gasteiger partial charge in [-0.2, -0.15) is 0 Å².